The number of nitrogens with zero attached hydrogens (tertiary/aromatic N) is 1. The van der Waals surface area contributed by atoms with Crippen molar-refractivity contribution in [3.63, 3.8) is 0 Å². The summed E-state index contributed by atoms with van der Waals surface area (Å²) in [7, 11) is 0. The molecule has 0 saturated heterocycles. The molecule has 1 aliphatic rings. The van der Waals surface area contributed by atoms with Crippen LogP contribution in [0.5, 0.6) is 5.88 Å². The molecule has 0 atom stereocenters. The van der Waals surface area contributed by atoms with E-state index in [0.717, 1.165) is 0 Å². The number of aromatic nitrogens is 1. The van der Waals surface area contributed by atoms with E-state index in [4.69, 9.17) is 0 Å². The Morgan fingerprint density at radius 3 is 2.58 bits per heavy atom. The van der Waals surface area contributed by atoms with E-state index in [1.165, 1.54) is 18.2 Å². The molecule has 2 heterocycles. The van der Waals surface area contributed by atoms with Gasteiger partial charge in [0.1, 0.15) is 0 Å². The highest BCUT2D eigenvalue weighted by Crippen LogP contribution is 2.13. The van der Waals surface area contributed by atoms with Crippen molar-refractivity contribution in [3.8, 4) is 5.88 Å². The number of esters is 1. The summed E-state index contributed by atoms with van der Waals surface area (Å²) in [6.45, 7) is 0. The summed E-state index contributed by atoms with van der Waals surface area (Å²) in [4.78, 5) is 32.5. The highest BCUT2D eigenvalue weighted by atomic mass is 16.6. The van der Waals surface area contributed by atoms with Gasteiger partial charge < -0.3 is 4.74 Å². The second kappa shape index (κ2) is 2.04. The summed E-state index contributed by atoms with van der Waals surface area (Å²) in [5, 5.41) is 0. The normalized spacial score (nSPS) is 14.3. The Balaban J connectivity index is 2.79. The van der Waals surface area contributed by atoms with Gasteiger partial charge in [-0.25, -0.2) is 9.36 Å². The highest BCUT2D eigenvalue weighted by Gasteiger charge is 2.30. The molecule has 0 fully saturated rings. The van der Waals surface area contributed by atoms with Crippen LogP contribution in [0.2, 0.25) is 0 Å². The van der Waals surface area contributed by atoms with Gasteiger partial charge in [-0.15, -0.1) is 0 Å². The molecule has 0 spiro atoms. The molecular weight excluding hydrogens is 162 g/mol. The molecule has 0 unspecified atom stereocenters. The van der Waals surface area contributed by atoms with Gasteiger partial charge in [-0.2, -0.15) is 0 Å². The number of ether oxygens (including phenoxy) is 1. The molecule has 5 nitrogen and oxygen atoms in total. The number of carbonyl (C=O) groups is 2. The summed E-state index contributed by atoms with van der Waals surface area (Å²) < 4.78 is 5.17. The molecule has 0 bridgehead atoms. The maximum atomic E-state index is 11.0. The number of fused-ring (bicyclic) bond motifs is 1. The molecule has 0 N–H and O–H groups in total. The number of hydrogen-bond acceptors (Lipinski definition) is 4. The third-order valence-corrected chi connectivity index (χ3v) is 1.49. The van der Waals surface area contributed by atoms with Gasteiger partial charge in [0.05, 0.1) is 0 Å². The lowest BCUT2D eigenvalue weighted by Gasteiger charge is -1.92. The molecule has 1 aliphatic heterocycles. The minimum Gasteiger partial charge on any atom is -0.402 e. The predicted octanol–water partition coefficient (Wildman–Crippen LogP) is -0.593. The van der Waals surface area contributed by atoms with E-state index in [-0.39, 0.29) is 5.88 Å². The van der Waals surface area contributed by atoms with Crippen molar-refractivity contribution in [1.29, 1.82) is 0 Å². The maximum absolute atomic E-state index is 11.0. The van der Waals surface area contributed by atoms with Crippen LogP contribution in [-0.4, -0.2) is 16.4 Å². The molecule has 1 aromatic rings. The Bertz CT molecular complexity index is 431. The van der Waals surface area contributed by atoms with Crippen LogP contribution in [0.4, 0.5) is 0 Å². The zero-order valence-electron chi connectivity index (χ0n) is 5.81. The van der Waals surface area contributed by atoms with E-state index < -0.39 is 17.4 Å². The molecule has 2 rings (SSSR count). The van der Waals surface area contributed by atoms with Crippen LogP contribution in [-0.2, 0) is 4.79 Å². The van der Waals surface area contributed by atoms with Gasteiger partial charge in [0, 0.05) is 6.07 Å². The standard InChI is InChI=1S/C7H3NO4/c9-4-2-1-3-5-8(4)6(10)7(11)12-5/h1-3H. The van der Waals surface area contributed by atoms with E-state index in [2.05, 4.69) is 4.74 Å². The van der Waals surface area contributed by atoms with Gasteiger partial charge in [-0.05, 0) is 6.07 Å². The van der Waals surface area contributed by atoms with Crippen LogP contribution in [0, 0.1) is 0 Å². The number of hydrogen-bond donors (Lipinski definition) is 0. The monoisotopic (exact) mass is 165 g/mol. The second-order valence-electron chi connectivity index (χ2n) is 2.23. The zero-order chi connectivity index (χ0) is 8.72. The topological polar surface area (TPSA) is 65.4 Å². The average molecular weight is 165 g/mol. The lowest BCUT2D eigenvalue weighted by molar-refractivity contribution is -0.128. The van der Waals surface area contributed by atoms with E-state index in [1.54, 1.807) is 0 Å². The Morgan fingerprint density at radius 1 is 1.17 bits per heavy atom. The molecular formula is C7H3NO4. The Hall–Kier alpha value is -1.91. The first-order valence-electron chi connectivity index (χ1n) is 3.19. The summed E-state index contributed by atoms with van der Waals surface area (Å²) in [6, 6.07) is 3.98. The maximum Gasteiger partial charge on any atom is 0.404 e. The van der Waals surface area contributed by atoms with Crippen molar-refractivity contribution in [1.82, 2.24) is 4.57 Å². The van der Waals surface area contributed by atoms with Gasteiger partial charge in [-0.1, -0.05) is 6.07 Å². The van der Waals surface area contributed by atoms with Gasteiger partial charge >= 0.3 is 11.9 Å². The smallest absolute Gasteiger partial charge is 0.402 e. The average Bonchev–Trinajstić information content (AvgIpc) is 2.29. The molecule has 5 heteroatoms. The fourth-order valence-corrected chi connectivity index (χ4v) is 0.980. The van der Waals surface area contributed by atoms with Crippen LogP contribution in [0.25, 0.3) is 0 Å². The Labute approximate surface area is 66.2 Å². The highest BCUT2D eigenvalue weighted by molar-refractivity contribution is 6.36. The minimum absolute atomic E-state index is 0.0162. The molecule has 0 amide bonds. The van der Waals surface area contributed by atoms with Gasteiger partial charge in [0.15, 0.2) is 0 Å². The Kier molecular flexibility index (Phi) is 1.15. The van der Waals surface area contributed by atoms with E-state index in [0.29, 0.717) is 4.57 Å². The summed E-state index contributed by atoms with van der Waals surface area (Å²) in [5.41, 5.74) is -0.552. The van der Waals surface area contributed by atoms with Gasteiger partial charge in [-0.3, -0.25) is 9.59 Å². The fourth-order valence-electron chi connectivity index (χ4n) is 0.980. The van der Waals surface area contributed by atoms with Crippen LogP contribution >= 0.6 is 0 Å². The fraction of sp³-hybridized carbons (Fsp3) is 0. The van der Waals surface area contributed by atoms with Crippen molar-refractivity contribution < 1.29 is 14.3 Å². The molecule has 0 aliphatic carbocycles. The first-order valence-corrected chi connectivity index (χ1v) is 3.19. The summed E-state index contributed by atoms with van der Waals surface area (Å²) >= 11 is 0. The third-order valence-electron chi connectivity index (χ3n) is 1.49. The SMILES string of the molecule is O=C1Oc2cccc(=O)n2C1=O. The molecule has 0 radical (unpaired) electrons. The lowest BCUT2D eigenvalue weighted by atomic mass is 10.4. The van der Waals surface area contributed by atoms with Crippen molar-refractivity contribution in [2.45, 2.75) is 0 Å². The predicted molar refractivity (Wildman–Crippen MR) is 37.0 cm³/mol. The molecule has 12 heavy (non-hydrogen) atoms. The first kappa shape index (κ1) is 6.78. The van der Waals surface area contributed by atoms with Gasteiger partial charge in [0.25, 0.3) is 5.56 Å². The molecule has 60 valence electrons. The second-order valence-corrected chi connectivity index (χ2v) is 2.23. The molecule has 0 aromatic carbocycles. The third kappa shape index (κ3) is 0.701. The number of rotatable bonds is 0. The molecule has 0 saturated carbocycles. The Morgan fingerprint density at radius 2 is 1.92 bits per heavy atom. The van der Waals surface area contributed by atoms with Crippen LogP contribution in [0.3, 0.4) is 0 Å². The summed E-state index contributed by atoms with van der Waals surface area (Å²) in [6.07, 6.45) is 0. The van der Waals surface area contributed by atoms with Crippen LogP contribution in [0.15, 0.2) is 23.0 Å². The number of pyridine rings is 1. The van der Waals surface area contributed by atoms with E-state index in [9.17, 15) is 14.4 Å². The van der Waals surface area contributed by atoms with Crippen LogP contribution in [0.1, 0.15) is 4.79 Å². The number of carbonyl (C=O) groups excluding carboxylic acids is 2. The quantitative estimate of drug-likeness (QED) is 0.380. The summed E-state index contributed by atoms with van der Waals surface area (Å²) in [5.74, 6) is -1.97. The van der Waals surface area contributed by atoms with Gasteiger partial charge in [0.2, 0.25) is 5.88 Å². The van der Waals surface area contributed by atoms with Crippen molar-refractivity contribution in [2.24, 2.45) is 0 Å². The van der Waals surface area contributed by atoms with Crippen molar-refractivity contribution in [2.75, 3.05) is 0 Å². The van der Waals surface area contributed by atoms with E-state index in [1.807, 2.05) is 0 Å². The van der Waals surface area contributed by atoms with E-state index >= 15 is 0 Å². The minimum atomic E-state index is -1.02. The zero-order valence-corrected chi connectivity index (χ0v) is 5.81. The largest absolute Gasteiger partial charge is 0.404 e. The lowest BCUT2D eigenvalue weighted by Crippen LogP contribution is -2.24. The molecule has 1 aromatic heterocycles. The van der Waals surface area contributed by atoms with Crippen molar-refractivity contribution in [3.05, 3.63) is 28.6 Å². The van der Waals surface area contributed by atoms with Crippen LogP contribution < -0.4 is 10.3 Å². The van der Waals surface area contributed by atoms with Crippen molar-refractivity contribution >= 4 is 11.9 Å². The first-order chi connectivity index (χ1) is 5.70.